The van der Waals surface area contributed by atoms with Crippen LogP contribution in [0.3, 0.4) is 0 Å². The summed E-state index contributed by atoms with van der Waals surface area (Å²) in [6.07, 6.45) is -6.99. The molecule has 3 unspecified atom stereocenters. The summed E-state index contributed by atoms with van der Waals surface area (Å²) in [4.78, 5) is 73.9. The number of nitrogen functional groups attached to an aromatic ring is 2. The van der Waals surface area contributed by atoms with Crippen molar-refractivity contribution in [3.8, 4) is 0 Å². The molecular weight excluding hydrogens is 854 g/mol. The Kier molecular flexibility index (Phi) is 14.9. The highest BCUT2D eigenvalue weighted by molar-refractivity contribution is 8.77. The molecule has 2 fully saturated rings. The first-order valence-electron chi connectivity index (χ1n) is 17.1. The van der Waals surface area contributed by atoms with E-state index in [1.54, 1.807) is 0 Å². The minimum absolute atomic E-state index is 0.00217. The molecule has 0 spiro atoms. The molecule has 26 nitrogen and oxygen atoms in total. The normalized spacial score (nSPS) is 25.9. The minimum atomic E-state index is -5.19. The van der Waals surface area contributed by atoms with Crippen LogP contribution < -0.4 is 22.9 Å². The van der Waals surface area contributed by atoms with Crippen molar-refractivity contribution in [2.24, 2.45) is 10.8 Å². The third-order valence-corrected chi connectivity index (χ3v) is 13.6. The van der Waals surface area contributed by atoms with Crippen molar-refractivity contribution in [1.29, 1.82) is 0 Å². The lowest BCUT2D eigenvalue weighted by Crippen LogP contribution is -2.44. The number of azide groups is 1. The molecule has 0 aromatic carbocycles. The Labute approximate surface area is 336 Å². The molecule has 320 valence electrons. The van der Waals surface area contributed by atoms with E-state index in [-0.39, 0.29) is 46.9 Å². The van der Waals surface area contributed by atoms with Gasteiger partial charge in [-0.25, -0.2) is 28.9 Å². The molecular formula is C28H42N12O14P2S2. The number of phosphoric acid groups is 2. The van der Waals surface area contributed by atoms with Crippen molar-refractivity contribution in [2.45, 2.75) is 92.6 Å². The van der Waals surface area contributed by atoms with Gasteiger partial charge in [-0.1, -0.05) is 47.5 Å². The monoisotopic (exact) mass is 896 g/mol. The third-order valence-electron chi connectivity index (χ3n) is 8.24. The number of aliphatic hydroxyl groups excluding tert-OH is 1. The number of ether oxygens (including phenoxy) is 3. The molecule has 2 saturated heterocycles. The van der Waals surface area contributed by atoms with Gasteiger partial charge in [-0.2, -0.15) is 4.98 Å². The van der Waals surface area contributed by atoms with Crippen LogP contribution in [-0.4, -0.2) is 121 Å². The standard InChI is InChI=1S/C28H42N12O14P2S2/c1-28(2,3)58-57-13(8-36-38-32)6-14(29)26(42)53-22-17(52-25(21(22)41)40-12-35-20-23(31)33-11-34-24(20)40)10-50-56(47,48)54-15-7-19(39-5-4-18(30)37-27(39)43)51-16(15)9-49-55(44,45)46/h4-5,11-17,19,21-22,25,41H,6-10,29H2,1-3H3,(H,47,48)(H2,30,37,43)(H2,31,33,34)(H2,44,45,46)/t13?,14?,15-,16+,17+,19+,21+,22+,25+/m0/s1. The number of nitrogens with zero attached hydrogens (tertiary/aromatic N) is 9. The number of aromatic nitrogens is 6. The van der Waals surface area contributed by atoms with E-state index in [1.807, 2.05) is 20.8 Å². The van der Waals surface area contributed by atoms with Gasteiger partial charge in [0.2, 0.25) is 0 Å². The first kappa shape index (κ1) is 45.7. The number of aliphatic hydroxyl groups is 1. The van der Waals surface area contributed by atoms with Gasteiger partial charge in [0.15, 0.2) is 23.8 Å². The first-order chi connectivity index (χ1) is 27.1. The van der Waals surface area contributed by atoms with Crippen LogP contribution in [0.4, 0.5) is 11.6 Å². The Bertz CT molecular complexity index is 2130. The fraction of sp³-hybridized carbons (Fsp3) is 0.643. The summed E-state index contributed by atoms with van der Waals surface area (Å²) in [6.45, 7) is 4.23. The largest absolute Gasteiger partial charge is 0.472 e. The first-order valence-corrected chi connectivity index (χ1v) is 22.3. The quantitative estimate of drug-likeness (QED) is 0.0233. The number of hydrogen-bond donors (Lipinski definition) is 7. The Hall–Kier alpha value is -3.43. The van der Waals surface area contributed by atoms with Crippen molar-refractivity contribution in [2.75, 3.05) is 31.2 Å². The number of imidazole rings is 1. The van der Waals surface area contributed by atoms with Crippen LogP contribution in [0.5, 0.6) is 0 Å². The molecule has 0 aliphatic carbocycles. The second-order valence-electron chi connectivity index (χ2n) is 13.8. The Morgan fingerprint density at radius 1 is 1.14 bits per heavy atom. The Balaban J connectivity index is 1.34. The summed E-state index contributed by atoms with van der Waals surface area (Å²) in [5, 5.41) is 14.7. The van der Waals surface area contributed by atoms with E-state index in [2.05, 4.69) is 34.5 Å². The van der Waals surface area contributed by atoms with Gasteiger partial charge < -0.3 is 51.2 Å². The highest BCUT2D eigenvalue weighted by Gasteiger charge is 2.50. The number of carbonyl (C=O) groups is 1. The lowest BCUT2D eigenvalue weighted by Gasteiger charge is -2.26. The average molecular weight is 897 g/mol. The maximum atomic E-state index is 13.5. The molecule has 0 bridgehead atoms. The molecule has 3 aromatic heterocycles. The maximum Gasteiger partial charge on any atom is 0.472 e. The van der Waals surface area contributed by atoms with Gasteiger partial charge in [0.1, 0.15) is 54.3 Å². The van der Waals surface area contributed by atoms with Gasteiger partial charge in [0, 0.05) is 34.1 Å². The number of esters is 1. The second-order valence-corrected chi connectivity index (χ2v) is 19.8. The van der Waals surface area contributed by atoms with E-state index in [0.717, 1.165) is 10.9 Å². The summed E-state index contributed by atoms with van der Waals surface area (Å²) in [5.41, 5.74) is 26.0. The van der Waals surface area contributed by atoms with Crippen LogP contribution in [0.25, 0.3) is 21.6 Å². The zero-order valence-electron chi connectivity index (χ0n) is 30.9. The van der Waals surface area contributed by atoms with Crippen LogP contribution in [-0.2, 0) is 41.7 Å². The topological polar surface area (TPSA) is 393 Å². The second kappa shape index (κ2) is 18.9. The van der Waals surface area contributed by atoms with E-state index < -0.39 is 94.8 Å². The lowest BCUT2D eigenvalue weighted by molar-refractivity contribution is -0.158. The number of hydrogen-bond acceptors (Lipinski definition) is 21. The fourth-order valence-corrected chi connectivity index (χ4v) is 9.52. The highest BCUT2D eigenvalue weighted by atomic mass is 33.1. The molecule has 10 atom stereocenters. The van der Waals surface area contributed by atoms with Crippen LogP contribution in [0, 0.1) is 0 Å². The summed E-state index contributed by atoms with van der Waals surface area (Å²) in [6, 6.07) is -0.0130. The van der Waals surface area contributed by atoms with Gasteiger partial charge in [0.05, 0.1) is 19.5 Å². The molecule has 2 aliphatic rings. The minimum Gasteiger partial charge on any atom is -0.455 e. The maximum absolute atomic E-state index is 13.5. The molecule has 30 heteroatoms. The average Bonchev–Trinajstić information content (AvgIpc) is 3.82. The van der Waals surface area contributed by atoms with Crippen molar-refractivity contribution in [1.82, 2.24) is 29.1 Å². The third kappa shape index (κ3) is 12.1. The van der Waals surface area contributed by atoms with E-state index >= 15 is 0 Å². The fourth-order valence-electron chi connectivity index (χ4n) is 5.69. The van der Waals surface area contributed by atoms with E-state index in [4.69, 9.17) is 46.0 Å². The molecule has 10 N–H and O–H groups in total. The molecule has 0 amide bonds. The van der Waals surface area contributed by atoms with Crippen LogP contribution >= 0.6 is 37.2 Å². The number of nitrogens with two attached hydrogens (primary N) is 3. The molecule has 58 heavy (non-hydrogen) atoms. The summed E-state index contributed by atoms with van der Waals surface area (Å²) in [7, 11) is -7.39. The number of carbonyl (C=O) groups excluding carboxylic acids is 1. The summed E-state index contributed by atoms with van der Waals surface area (Å²) in [5.74, 6) is -1.08. The van der Waals surface area contributed by atoms with Crippen LogP contribution in [0.2, 0.25) is 0 Å². The van der Waals surface area contributed by atoms with Crippen molar-refractivity contribution < 1.29 is 61.5 Å². The number of phosphoric ester groups is 2. The van der Waals surface area contributed by atoms with Crippen LogP contribution in [0.15, 0.2) is 34.8 Å². The highest BCUT2D eigenvalue weighted by Crippen LogP contribution is 2.50. The van der Waals surface area contributed by atoms with Gasteiger partial charge in [-0.05, 0) is 18.0 Å². The van der Waals surface area contributed by atoms with E-state index in [0.29, 0.717) is 0 Å². The molecule has 0 saturated carbocycles. The lowest BCUT2D eigenvalue weighted by atomic mass is 10.1. The Morgan fingerprint density at radius 2 is 1.86 bits per heavy atom. The predicted molar refractivity (Wildman–Crippen MR) is 205 cm³/mol. The Morgan fingerprint density at radius 3 is 2.53 bits per heavy atom. The molecule has 0 radical (unpaired) electrons. The van der Waals surface area contributed by atoms with E-state index in [1.165, 1.54) is 44.7 Å². The molecule has 3 aromatic rings. The molecule has 5 rings (SSSR count). The van der Waals surface area contributed by atoms with E-state index in [9.17, 15) is 38.5 Å². The zero-order chi connectivity index (χ0) is 42.6. The molecule has 2 aliphatic heterocycles. The van der Waals surface area contributed by atoms with Crippen molar-refractivity contribution >= 4 is 66.0 Å². The van der Waals surface area contributed by atoms with Gasteiger partial charge in [0.25, 0.3) is 0 Å². The number of fused-ring (bicyclic) bond motifs is 1. The van der Waals surface area contributed by atoms with Crippen LogP contribution in [0.1, 0.15) is 46.1 Å². The van der Waals surface area contributed by atoms with Gasteiger partial charge in [-0.15, -0.1) is 0 Å². The SMILES string of the molecule is CC(C)(C)SSC(CN=[N+]=[N-])CC(N)C(=O)O[C@H]1[C@@H](O)[C@H](n2cnc3c(N)ncnc32)O[C@@H]1COP(=O)(O)O[C@H]1C[C@H](n2ccc(N)nc2=O)O[C@@H]1COP(=O)(O)O. The summed E-state index contributed by atoms with van der Waals surface area (Å²) < 4.78 is 59.6. The van der Waals surface area contributed by atoms with Crippen molar-refractivity contribution in [3.63, 3.8) is 0 Å². The van der Waals surface area contributed by atoms with Crippen molar-refractivity contribution in [3.05, 3.63) is 45.8 Å². The number of anilines is 2. The summed E-state index contributed by atoms with van der Waals surface area (Å²) >= 11 is 0. The smallest absolute Gasteiger partial charge is 0.455 e. The molecule has 5 heterocycles. The number of rotatable bonds is 18. The predicted octanol–water partition coefficient (Wildman–Crippen LogP) is 0.893. The van der Waals surface area contributed by atoms with Gasteiger partial charge in [-0.3, -0.25) is 27.5 Å². The van der Waals surface area contributed by atoms with Gasteiger partial charge >= 0.3 is 27.3 Å². The zero-order valence-corrected chi connectivity index (χ0v) is 34.3.